The van der Waals surface area contributed by atoms with Crippen LogP contribution in [0.3, 0.4) is 0 Å². The molecule has 0 aliphatic heterocycles. The maximum Gasteiger partial charge on any atom is 0.319 e. The molecule has 0 spiro atoms. The van der Waals surface area contributed by atoms with Crippen molar-refractivity contribution in [2.24, 2.45) is 0 Å². The number of hydrogen-bond donors (Lipinski definition) is 0. The zero-order chi connectivity index (χ0) is 19.1. The lowest BCUT2D eigenvalue weighted by atomic mass is 10.3. The summed E-state index contributed by atoms with van der Waals surface area (Å²) in [6, 6.07) is 9.75. The van der Waals surface area contributed by atoms with Crippen LogP contribution in [-0.4, -0.2) is 40.6 Å². The van der Waals surface area contributed by atoms with Gasteiger partial charge in [0.2, 0.25) is 0 Å². The minimum atomic E-state index is -0.535. The van der Waals surface area contributed by atoms with E-state index in [-0.39, 0.29) is 18.2 Å². The van der Waals surface area contributed by atoms with E-state index >= 15 is 0 Å². The first-order valence-corrected chi connectivity index (χ1v) is 9.47. The van der Waals surface area contributed by atoms with Gasteiger partial charge in [0, 0.05) is 29.0 Å². The summed E-state index contributed by atoms with van der Waals surface area (Å²) in [6.45, 7) is 1.82. The van der Waals surface area contributed by atoms with Crippen LogP contribution in [0.4, 0.5) is 5.69 Å². The molecule has 0 fully saturated rings. The number of hydrogen-bond acceptors (Lipinski definition) is 7. The van der Waals surface area contributed by atoms with Crippen molar-refractivity contribution in [2.75, 3.05) is 13.7 Å². The van der Waals surface area contributed by atoms with Gasteiger partial charge in [0.15, 0.2) is 6.61 Å². The van der Waals surface area contributed by atoms with Gasteiger partial charge in [0.25, 0.3) is 11.6 Å². The molecule has 7 nitrogen and oxygen atoms in total. The second-order valence-electron chi connectivity index (χ2n) is 5.45. The molecule has 26 heavy (non-hydrogen) atoms. The Morgan fingerprint density at radius 2 is 2.00 bits per heavy atom. The first kappa shape index (κ1) is 19.9. The number of ether oxygens (including phenoxy) is 1. The van der Waals surface area contributed by atoms with Crippen LogP contribution in [0.25, 0.3) is 0 Å². The smallest absolute Gasteiger partial charge is 0.319 e. The summed E-state index contributed by atoms with van der Waals surface area (Å²) in [5.41, 5.74) is -0.0102. The van der Waals surface area contributed by atoms with Gasteiger partial charge in [-0.25, -0.2) is 0 Å². The number of non-ortho nitro benzene ring substituents is 1. The number of esters is 1. The molecule has 1 heterocycles. The molecule has 1 aromatic carbocycles. The minimum absolute atomic E-state index is 0.0102. The normalized spacial score (nSPS) is 11.6. The molecule has 0 aliphatic carbocycles. The molecule has 2 aromatic rings. The molecule has 0 aliphatic rings. The second kappa shape index (κ2) is 9.35. The van der Waals surface area contributed by atoms with Crippen molar-refractivity contribution in [1.29, 1.82) is 0 Å². The first-order valence-electron chi connectivity index (χ1n) is 7.71. The van der Waals surface area contributed by atoms with Gasteiger partial charge in [-0.2, -0.15) is 0 Å². The van der Waals surface area contributed by atoms with E-state index in [4.69, 9.17) is 4.74 Å². The van der Waals surface area contributed by atoms with E-state index in [2.05, 4.69) is 0 Å². The SMILES string of the molecule is CC(Sc1ccc([N+](=O)[O-])cc1)C(=O)OCC(=O)N(C)Cc1cccs1. The van der Waals surface area contributed by atoms with E-state index in [0.29, 0.717) is 11.4 Å². The molecule has 138 valence electrons. The average Bonchev–Trinajstić information content (AvgIpc) is 3.12. The highest BCUT2D eigenvalue weighted by atomic mass is 32.2. The van der Waals surface area contributed by atoms with Crippen LogP contribution in [0, 0.1) is 10.1 Å². The van der Waals surface area contributed by atoms with Gasteiger partial charge >= 0.3 is 5.97 Å². The highest BCUT2D eigenvalue weighted by molar-refractivity contribution is 8.00. The predicted octanol–water partition coefficient (Wildman–Crippen LogP) is 3.34. The van der Waals surface area contributed by atoms with Crippen molar-refractivity contribution in [1.82, 2.24) is 4.90 Å². The van der Waals surface area contributed by atoms with Gasteiger partial charge in [0.05, 0.1) is 11.5 Å². The third-order valence-corrected chi connectivity index (χ3v) is 5.38. The maximum absolute atomic E-state index is 12.0. The number of nitro groups is 1. The summed E-state index contributed by atoms with van der Waals surface area (Å²) < 4.78 is 5.08. The number of thioether (sulfide) groups is 1. The van der Waals surface area contributed by atoms with Gasteiger partial charge in [-0.3, -0.25) is 19.7 Å². The van der Waals surface area contributed by atoms with Gasteiger partial charge in [0.1, 0.15) is 5.25 Å². The van der Waals surface area contributed by atoms with Crippen molar-refractivity contribution in [3.63, 3.8) is 0 Å². The van der Waals surface area contributed by atoms with Gasteiger partial charge in [-0.15, -0.1) is 23.1 Å². The summed E-state index contributed by atoms with van der Waals surface area (Å²) >= 11 is 2.77. The Bertz CT molecular complexity index is 762. The molecular formula is C17H18N2O5S2. The molecule has 1 aromatic heterocycles. The highest BCUT2D eigenvalue weighted by Gasteiger charge is 2.19. The Kier molecular flexibility index (Phi) is 7.16. The number of benzene rings is 1. The molecule has 0 radical (unpaired) electrons. The minimum Gasteiger partial charge on any atom is -0.455 e. The van der Waals surface area contributed by atoms with Crippen molar-refractivity contribution >= 4 is 40.7 Å². The van der Waals surface area contributed by atoms with E-state index in [1.807, 2.05) is 17.5 Å². The lowest BCUT2D eigenvalue weighted by molar-refractivity contribution is -0.384. The Morgan fingerprint density at radius 1 is 1.31 bits per heavy atom. The van der Waals surface area contributed by atoms with Gasteiger partial charge in [-0.05, 0) is 30.5 Å². The zero-order valence-corrected chi connectivity index (χ0v) is 15.9. The van der Waals surface area contributed by atoms with Crippen molar-refractivity contribution < 1.29 is 19.2 Å². The van der Waals surface area contributed by atoms with Crippen LogP contribution >= 0.6 is 23.1 Å². The largest absolute Gasteiger partial charge is 0.455 e. The van der Waals surface area contributed by atoms with Crippen LogP contribution in [-0.2, 0) is 20.9 Å². The highest BCUT2D eigenvalue weighted by Crippen LogP contribution is 2.26. The standard InChI is InChI=1S/C17H18N2O5S2/c1-12(26-14-7-5-13(6-8-14)19(22)23)17(21)24-11-16(20)18(2)10-15-4-3-9-25-15/h3-9,12H,10-11H2,1-2H3. The molecule has 9 heteroatoms. The number of amides is 1. The van der Waals surface area contributed by atoms with E-state index in [0.717, 1.165) is 4.88 Å². The summed E-state index contributed by atoms with van der Waals surface area (Å²) in [7, 11) is 1.66. The van der Waals surface area contributed by atoms with Crippen LogP contribution in [0.15, 0.2) is 46.7 Å². The Balaban J connectivity index is 1.79. The van der Waals surface area contributed by atoms with E-state index in [1.54, 1.807) is 37.4 Å². The topological polar surface area (TPSA) is 89.7 Å². The van der Waals surface area contributed by atoms with E-state index in [1.165, 1.54) is 28.8 Å². The number of nitrogens with zero attached hydrogens (tertiary/aromatic N) is 2. The van der Waals surface area contributed by atoms with Crippen molar-refractivity contribution in [3.05, 3.63) is 56.8 Å². The Morgan fingerprint density at radius 3 is 2.58 bits per heavy atom. The van der Waals surface area contributed by atoms with Gasteiger partial charge < -0.3 is 9.64 Å². The lowest BCUT2D eigenvalue weighted by Crippen LogP contribution is -2.31. The second-order valence-corrected chi connectivity index (χ2v) is 7.89. The van der Waals surface area contributed by atoms with Crippen LogP contribution in [0.2, 0.25) is 0 Å². The summed E-state index contributed by atoms with van der Waals surface area (Å²) in [5.74, 6) is -0.787. The molecule has 1 unspecified atom stereocenters. The fourth-order valence-electron chi connectivity index (χ4n) is 1.98. The zero-order valence-electron chi connectivity index (χ0n) is 14.3. The monoisotopic (exact) mass is 394 g/mol. The van der Waals surface area contributed by atoms with E-state index in [9.17, 15) is 19.7 Å². The predicted molar refractivity (Wildman–Crippen MR) is 100 cm³/mol. The molecule has 0 saturated heterocycles. The van der Waals surface area contributed by atoms with Crippen LogP contribution < -0.4 is 0 Å². The Labute approximate surface area is 159 Å². The number of nitro benzene ring substituents is 1. The number of carbonyl (C=O) groups is 2. The molecule has 0 N–H and O–H groups in total. The number of thiophene rings is 1. The molecular weight excluding hydrogens is 376 g/mol. The van der Waals surface area contributed by atoms with Crippen LogP contribution in [0.1, 0.15) is 11.8 Å². The number of carbonyl (C=O) groups excluding carboxylic acids is 2. The summed E-state index contributed by atoms with van der Waals surface area (Å²) in [6.07, 6.45) is 0. The summed E-state index contributed by atoms with van der Waals surface area (Å²) in [4.78, 5) is 37.5. The molecule has 2 rings (SSSR count). The molecule has 1 amide bonds. The fraction of sp³-hybridized carbons (Fsp3) is 0.294. The van der Waals surface area contributed by atoms with E-state index < -0.39 is 16.1 Å². The number of likely N-dealkylation sites (N-methyl/N-ethyl adjacent to an activating group) is 1. The summed E-state index contributed by atoms with van der Waals surface area (Å²) in [5, 5.41) is 12.0. The average molecular weight is 394 g/mol. The third kappa shape index (κ3) is 5.85. The molecule has 0 saturated carbocycles. The fourth-order valence-corrected chi connectivity index (χ4v) is 3.61. The molecule has 0 bridgehead atoms. The van der Waals surface area contributed by atoms with Crippen LogP contribution in [0.5, 0.6) is 0 Å². The quantitative estimate of drug-likeness (QED) is 0.295. The third-order valence-electron chi connectivity index (χ3n) is 3.43. The number of rotatable bonds is 8. The van der Waals surface area contributed by atoms with Gasteiger partial charge in [-0.1, -0.05) is 6.07 Å². The lowest BCUT2D eigenvalue weighted by Gasteiger charge is -2.17. The maximum atomic E-state index is 12.0. The van der Waals surface area contributed by atoms with Crippen molar-refractivity contribution in [3.8, 4) is 0 Å². The Hall–Kier alpha value is -2.39. The first-order chi connectivity index (χ1) is 12.4. The van der Waals surface area contributed by atoms with Crippen molar-refractivity contribution in [2.45, 2.75) is 23.6 Å². The molecule has 1 atom stereocenters.